The molecular formula is C17H38OSi2. The van der Waals surface area contributed by atoms with Crippen molar-refractivity contribution in [3.63, 3.8) is 0 Å². The van der Waals surface area contributed by atoms with Crippen molar-refractivity contribution in [2.45, 2.75) is 92.2 Å². The van der Waals surface area contributed by atoms with Gasteiger partial charge >= 0.3 is 0 Å². The highest BCUT2D eigenvalue weighted by molar-refractivity contribution is 6.86. The molecule has 0 atom stereocenters. The molecule has 0 radical (unpaired) electrons. The number of rotatable bonds is 8. The van der Waals surface area contributed by atoms with Crippen LogP contribution >= 0.6 is 0 Å². The smallest absolute Gasteiger partial charge is 0.246 e. The van der Waals surface area contributed by atoms with Crippen LogP contribution in [0.4, 0.5) is 0 Å². The summed E-state index contributed by atoms with van der Waals surface area (Å²) in [6, 6.07) is 5.01. The van der Waals surface area contributed by atoms with E-state index in [0.717, 1.165) is 6.42 Å². The van der Waals surface area contributed by atoms with E-state index in [9.17, 15) is 0 Å². The lowest BCUT2D eigenvalue weighted by molar-refractivity contribution is 0.398. The number of allylic oxidation sites excluding steroid dienone is 1. The molecule has 0 rings (SSSR count). The normalized spacial score (nSPS) is 14.6. The molecule has 0 N–H and O–H groups in total. The Morgan fingerprint density at radius 1 is 0.900 bits per heavy atom. The summed E-state index contributed by atoms with van der Waals surface area (Å²) in [5.74, 6) is 0. The molecular weight excluding hydrogens is 276 g/mol. The van der Waals surface area contributed by atoms with Crippen LogP contribution in [0.3, 0.4) is 0 Å². The molecule has 0 heterocycles. The molecule has 0 aliphatic carbocycles. The van der Waals surface area contributed by atoms with Gasteiger partial charge in [0.2, 0.25) is 8.32 Å². The monoisotopic (exact) mass is 314 g/mol. The average molecular weight is 315 g/mol. The van der Waals surface area contributed by atoms with E-state index < -0.39 is 16.4 Å². The van der Waals surface area contributed by atoms with E-state index in [1.54, 1.807) is 0 Å². The molecule has 0 unspecified atom stereocenters. The van der Waals surface area contributed by atoms with Crippen LogP contribution in [-0.2, 0) is 4.43 Å². The fourth-order valence-corrected chi connectivity index (χ4v) is 6.99. The maximum Gasteiger partial charge on any atom is 0.246 e. The van der Waals surface area contributed by atoms with Gasteiger partial charge < -0.3 is 4.43 Å². The summed E-state index contributed by atoms with van der Waals surface area (Å²) >= 11 is 0. The van der Waals surface area contributed by atoms with Crippen LogP contribution in [0.2, 0.25) is 37.3 Å². The van der Waals surface area contributed by atoms with Gasteiger partial charge in [-0.05, 0) is 30.5 Å². The molecule has 0 saturated carbocycles. The molecule has 0 amide bonds. The first-order valence-corrected chi connectivity index (χ1v) is 14.2. The van der Waals surface area contributed by atoms with Crippen LogP contribution in [0.25, 0.3) is 0 Å². The molecule has 1 nitrogen and oxygen atoms in total. The molecule has 0 spiro atoms. The Hall–Kier alpha value is -0.0262. The third-order valence-electron chi connectivity index (χ3n) is 4.91. The van der Waals surface area contributed by atoms with Gasteiger partial charge in [-0.15, -0.1) is 0 Å². The highest BCUT2D eigenvalue weighted by Crippen LogP contribution is 2.32. The second kappa shape index (κ2) is 7.83. The van der Waals surface area contributed by atoms with Crippen LogP contribution in [-0.4, -0.2) is 16.4 Å². The lowest BCUT2D eigenvalue weighted by Gasteiger charge is -2.36. The molecule has 0 aliphatic heterocycles. The molecule has 3 heteroatoms. The highest BCUT2D eigenvalue weighted by Gasteiger charge is 2.35. The van der Waals surface area contributed by atoms with Crippen molar-refractivity contribution in [2.75, 3.05) is 0 Å². The highest BCUT2D eigenvalue weighted by atomic mass is 28.4. The second-order valence-electron chi connectivity index (χ2n) is 7.86. The van der Waals surface area contributed by atoms with E-state index in [4.69, 9.17) is 4.43 Å². The molecule has 0 saturated heterocycles. The van der Waals surface area contributed by atoms with Crippen molar-refractivity contribution < 1.29 is 4.43 Å². The predicted molar refractivity (Wildman–Crippen MR) is 98.4 cm³/mol. The fraction of sp³-hybridized carbons (Fsp3) is 0.882. The van der Waals surface area contributed by atoms with Gasteiger partial charge in [0.15, 0.2) is 0 Å². The SMILES string of the molecule is CC[Si](C)(CC)O/C(=C\CC(C)(C)C)[Si](C)(CC)CC. The fourth-order valence-electron chi connectivity index (χ4n) is 2.07. The Balaban J connectivity index is 5.38. The van der Waals surface area contributed by atoms with Gasteiger partial charge in [0.1, 0.15) is 8.07 Å². The van der Waals surface area contributed by atoms with Crippen molar-refractivity contribution in [2.24, 2.45) is 5.41 Å². The summed E-state index contributed by atoms with van der Waals surface area (Å²) in [6.45, 7) is 21.1. The summed E-state index contributed by atoms with van der Waals surface area (Å²) in [6.07, 6.45) is 3.58. The van der Waals surface area contributed by atoms with Crippen LogP contribution in [0.15, 0.2) is 11.5 Å². The van der Waals surface area contributed by atoms with Crippen molar-refractivity contribution >= 4 is 16.4 Å². The first-order valence-electron chi connectivity index (χ1n) is 8.45. The van der Waals surface area contributed by atoms with Crippen LogP contribution in [0, 0.1) is 5.41 Å². The lowest BCUT2D eigenvalue weighted by Crippen LogP contribution is -2.41. The number of hydrogen-bond donors (Lipinski definition) is 0. The van der Waals surface area contributed by atoms with Gasteiger partial charge in [0, 0.05) is 0 Å². The predicted octanol–water partition coefficient (Wildman–Crippen LogP) is 6.60. The molecule has 0 aromatic heterocycles. The van der Waals surface area contributed by atoms with Gasteiger partial charge in [-0.2, -0.15) is 0 Å². The van der Waals surface area contributed by atoms with Crippen LogP contribution < -0.4 is 0 Å². The Morgan fingerprint density at radius 2 is 1.35 bits per heavy atom. The molecule has 0 fully saturated rings. The summed E-state index contributed by atoms with van der Waals surface area (Å²) in [5, 5.41) is 1.41. The molecule has 0 aromatic rings. The van der Waals surface area contributed by atoms with Crippen molar-refractivity contribution in [1.82, 2.24) is 0 Å². The van der Waals surface area contributed by atoms with Crippen molar-refractivity contribution in [3.05, 3.63) is 11.5 Å². The van der Waals surface area contributed by atoms with E-state index in [-0.39, 0.29) is 0 Å². The molecule has 20 heavy (non-hydrogen) atoms. The van der Waals surface area contributed by atoms with Crippen LogP contribution in [0.5, 0.6) is 0 Å². The maximum absolute atomic E-state index is 6.74. The zero-order valence-corrected chi connectivity index (χ0v) is 17.5. The Bertz CT molecular complexity index is 307. The van der Waals surface area contributed by atoms with E-state index in [1.807, 2.05) is 0 Å². The Kier molecular flexibility index (Phi) is 7.82. The first-order chi connectivity index (χ1) is 9.05. The van der Waals surface area contributed by atoms with E-state index in [0.29, 0.717) is 5.41 Å². The van der Waals surface area contributed by atoms with E-state index >= 15 is 0 Å². The second-order valence-corrected chi connectivity index (χ2v) is 17.4. The van der Waals surface area contributed by atoms with Gasteiger partial charge in [0.25, 0.3) is 0 Å². The summed E-state index contributed by atoms with van der Waals surface area (Å²) in [7, 11) is -2.93. The maximum atomic E-state index is 6.74. The Morgan fingerprint density at radius 3 is 1.65 bits per heavy atom. The largest absolute Gasteiger partial charge is 0.551 e. The summed E-state index contributed by atoms with van der Waals surface area (Å²) in [4.78, 5) is 0. The minimum atomic E-state index is -1.53. The minimum Gasteiger partial charge on any atom is -0.551 e. The van der Waals surface area contributed by atoms with Gasteiger partial charge in [0.05, 0.1) is 5.38 Å². The zero-order chi connectivity index (χ0) is 16.0. The summed E-state index contributed by atoms with van der Waals surface area (Å²) in [5.41, 5.74) is 0.349. The zero-order valence-electron chi connectivity index (χ0n) is 15.5. The van der Waals surface area contributed by atoms with Gasteiger partial charge in [-0.1, -0.05) is 73.2 Å². The molecule has 0 aromatic carbocycles. The third-order valence-corrected chi connectivity index (χ3v) is 13.4. The standard InChI is InChI=1S/C17H38OSi2/c1-10-19(8,11-2)16(14-15-17(5,6)7)18-20(9,12-3)13-4/h14H,10-13,15H2,1-9H3/b16-14+. The van der Waals surface area contributed by atoms with Gasteiger partial charge in [-0.3, -0.25) is 0 Å². The minimum absolute atomic E-state index is 0.349. The molecule has 120 valence electrons. The van der Waals surface area contributed by atoms with Crippen molar-refractivity contribution in [1.29, 1.82) is 0 Å². The van der Waals surface area contributed by atoms with E-state index in [1.165, 1.54) is 29.6 Å². The third kappa shape index (κ3) is 6.17. The van der Waals surface area contributed by atoms with Crippen LogP contribution in [0.1, 0.15) is 54.9 Å². The first kappa shape index (κ1) is 20.0. The topological polar surface area (TPSA) is 9.23 Å². The summed E-state index contributed by atoms with van der Waals surface area (Å²) < 4.78 is 6.74. The molecule has 0 aliphatic rings. The quantitative estimate of drug-likeness (QED) is 0.362. The van der Waals surface area contributed by atoms with E-state index in [2.05, 4.69) is 67.6 Å². The average Bonchev–Trinajstić information content (AvgIpc) is 2.41. The molecule has 0 bridgehead atoms. The van der Waals surface area contributed by atoms with Crippen molar-refractivity contribution in [3.8, 4) is 0 Å². The Labute approximate surface area is 130 Å². The lowest BCUT2D eigenvalue weighted by atomic mass is 9.92. The van der Waals surface area contributed by atoms with Gasteiger partial charge in [-0.25, -0.2) is 0 Å². The number of hydrogen-bond acceptors (Lipinski definition) is 1.